The first kappa shape index (κ1) is 15.1. The van der Waals surface area contributed by atoms with Crippen LogP contribution in [0.25, 0.3) is 0 Å². The van der Waals surface area contributed by atoms with E-state index in [2.05, 4.69) is 16.2 Å². The SMILES string of the molecule is COc1ccc(NC(=O)NNc2ccccc2[N+](=O)[O-])cc1. The number of urea groups is 1. The van der Waals surface area contributed by atoms with E-state index in [0.29, 0.717) is 11.4 Å². The van der Waals surface area contributed by atoms with Crippen molar-refractivity contribution in [3.63, 3.8) is 0 Å². The van der Waals surface area contributed by atoms with Crippen molar-refractivity contribution >= 4 is 23.1 Å². The third-order valence-electron chi connectivity index (χ3n) is 2.76. The molecule has 0 aliphatic rings. The highest BCUT2D eigenvalue weighted by Gasteiger charge is 2.12. The van der Waals surface area contributed by atoms with E-state index in [0.717, 1.165) is 0 Å². The van der Waals surface area contributed by atoms with E-state index in [4.69, 9.17) is 4.74 Å². The lowest BCUT2D eigenvalue weighted by atomic mass is 10.3. The molecule has 22 heavy (non-hydrogen) atoms. The zero-order valence-corrected chi connectivity index (χ0v) is 11.7. The van der Waals surface area contributed by atoms with E-state index < -0.39 is 11.0 Å². The van der Waals surface area contributed by atoms with Gasteiger partial charge < -0.3 is 10.1 Å². The van der Waals surface area contributed by atoms with Gasteiger partial charge in [0.2, 0.25) is 0 Å². The summed E-state index contributed by atoms with van der Waals surface area (Å²) in [6, 6.07) is 12.2. The van der Waals surface area contributed by atoms with Crippen molar-refractivity contribution in [3.8, 4) is 5.75 Å². The third kappa shape index (κ3) is 3.85. The van der Waals surface area contributed by atoms with Crippen molar-refractivity contribution in [1.29, 1.82) is 0 Å². The van der Waals surface area contributed by atoms with Crippen LogP contribution in [0, 0.1) is 10.1 Å². The standard InChI is InChI=1S/C14H14N4O4/c1-22-11-8-6-10(7-9-11)15-14(19)17-16-12-4-2-3-5-13(12)18(20)21/h2-9,16H,1H3,(H2,15,17,19). The van der Waals surface area contributed by atoms with Crippen LogP contribution in [0.5, 0.6) is 5.75 Å². The van der Waals surface area contributed by atoms with Gasteiger partial charge in [0.15, 0.2) is 0 Å². The van der Waals surface area contributed by atoms with Crippen molar-refractivity contribution in [2.45, 2.75) is 0 Å². The first-order valence-electron chi connectivity index (χ1n) is 6.30. The van der Waals surface area contributed by atoms with Crippen LogP contribution < -0.4 is 20.9 Å². The number of ether oxygens (including phenoxy) is 1. The van der Waals surface area contributed by atoms with E-state index in [9.17, 15) is 14.9 Å². The van der Waals surface area contributed by atoms with Crippen LogP contribution in [-0.2, 0) is 0 Å². The number of methoxy groups -OCH3 is 1. The number of carbonyl (C=O) groups is 1. The van der Waals surface area contributed by atoms with Crippen molar-refractivity contribution < 1.29 is 14.5 Å². The molecule has 0 unspecified atom stereocenters. The number of benzene rings is 2. The second-order valence-corrected chi connectivity index (χ2v) is 4.21. The van der Waals surface area contributed by atoms with Crippen LogP contribution >= 0.6 is 0 Å². The van der Waals surface area contributed by atoms with Crippen molar-refractivity contribution in [3.05, 3.63) is 58.6 Å². The van der Waals surface area contributed by atoms with Crippen LogP contribution in [0.2, 0.25) is 0 Å². The second-order valence-electron chi connectivity index (χ2n) is 4.21. The van der Waals surface area contributed by atoms with E-state index in [1.165, 1.54) is 12.1 Å². The van der Waals surface area contributed by atoms with Gasteiger partial charge >= 0.3 is 6.03 Å². The molecule has 3 N–H and O–H groups in total. The Bertz CT molecular complexity index is 673. The number of carbonyl (C=O) groups excluding carboxylic acids is 1. The maximum absolute atomic E-state index is 11.7. The minimum Gasteiger partial charge on any atom is -0.497 e. The highest BCUT2D eigenvalue weighted by Crippen LogP contribution is 2.22. The summed E-state index contributed by atoms with van der Waals surface area (Å²) in [5, 5.41) is 13.4. The van der Waals surface area contributed by atoms with Crippen LogP contribution in [0.4, 0.5) is 21.9 Å². The summed E-state index contributed by atoms with van der Waals surface area (Å²) in [4.78, 5) is 22.0. The minimum absolute atomic E-state index is 0.132. The molecular formula is C14H14N4O4. The van der Waals surface area contributed by atoms with E-state index in [-0.39, 0.29) is 11.4 Å². The maximum atomic E-state index is 11.7. The van der Waals surface area contributed by atoms with Gasteiger partial charge in [-0.25, -0.2) is 4.79 Å². The Morgan fingerprint density at radius 3 is 2.45 bits per heavy atom. The summed E-state index contributed by atoms with van der Waals surface area (Å²) in [6.07, 6.45) is 0. The average molecular weight is 302 g/mol. The second kappa shape index (κ2) is 6.93. The molecule has 0 spiro atoms. The number of para-hydroxylation sites is 2. The predicted molar refractivity (Wildman–Crippen MR) is 81.9 cm³/mol. The molecule has 0 heterocycles. The fraction of sp³-hybridized carbons (Fsp3) is 0.0714. The van der Waals surface area contributed by atoms with Gasteiger partial charge in [0.1, 0.15) is 11.4 Å². The van der Waals surface area contributed by atoms with Crippen molar-refractivity contribution in [2.24, 2.45) is 0 Å². The number of hydrogen-bond donors (Lipinski definition) is 3. The van der Waals surface area contributed by atoms with Gasteiger partial charge in [-0.2, -0.15) is 0 Å². The molecule has 8 heteroatoms. The largest absolute Gasteiger partial charge is 0.497 e. The van der Waals surface area contributed by atoms with Crippen molar-refractivity contribution in [2.75, 3.05) is 17.9 Å². The molecule has 0 aliphatic carbocycles. The number of nitrogens with one attached hydrogen (secondary N) is 3. The number of hydrazine groups is 1. The first-order chi connectivity index (χ1) is 10.6. The molecule has 2 aromatic carbocycles. The van der Waals surface area contributed by atoms with E-state index >= 15 is 0 Å². The molecule has 0 fully saturated rings. The predicted octanol–water partition coefficient (Wildman–Crippen LogP) is 2.75. The Morgan fingerprint density at radius 2 is 1.82 bits per heavy atom. The monoisotopic (exact) mass is 302 g/mol. The Labute approximate surface area is 126 Å². The number of nitro benzene ring substituents is 1. The van der Waals surface area contributed by atoms with Crippen LogP contribution in [0.3, 0.4) is 0 Å². The highest BCUT2D eigenvalue weighted by molar-refractivity contribution is 5.90. The van der Waals surface area contributed by atoms with Gasteiger partial charge in [0.25, 0.3) is 5.69 Å². The quantitative estimate of drug-likeness (QED) is 0.581. The van der Waals surface area contributed by atoms with Gasteiger partial charge in [0.05, 0.1) is 12.0 Å². The molecule has 114 valence electrons. The molecule has 0 radical (unpaired) electrons. The summed E-state index contributed by atoms with van der Waals surface area (Å²) in [5.41, 5.74) is 5.46. The number of nitro groups is 1. The Balaban J connectivity index is 1.94. The van der Waals surface area contributed by atoms with Crippen LogP contribution in [0.15, 0.2) is 48.5 Å². The van der Waals surface area contributed by atoms with Gasteiger partial charge in [-0.15, -0.1) is 0 Å². The smallest absolute Gasteiger partial charge is 0.337 e. The molecule has 0 saturated carbocycles. The van der Waals surface area contributed by atoms with Gasteiger partial charge in [-0.3, -0.25) is 21.0 Å². The lowest BCUT2D eigenvalue weighted by Gasteiger charge is -2.10. The topological polar surface area (TPSA) is 106 Å². The molecule has 0 atom stereocenters. The third-order valence-corrected chi connectivity index (χ3v) is 2.76. The molecule has 2 aromatic rings. The van der Waals surface area contributed by atoms with Gasteiger partial charge in [-0.05, 0) is 30.3 Å². The normalized spacial score (nSPS) is 9.68. The Kier molecular flexibility index (Phi) is 4.76. The first-order valence-corrected chi connectivity index (χ1v) is 6.30. The summed E-state index contributed by atoms with van der Waals surface area (Å²) in [5.74, 6) is 0.670. The number of rotatable bonds is 5. The number of nitrogens with zero attached hydrogens (tertiary/aromatic N) is 1. The molecule has 0 aromatic heterocycles. The van der Waals surface area contributed by atoms with Crippen molar-refractivity contribution in [1.82, 2.24) is 5.43 Å². The molecule has 2 rings (SSSR count). The number of anilines is 2. The lowest BCUT2D eigenvalue weighted by Crippen LogP contribution is -2.33. The lowest BCUT2D eigenvalue weighted by molar-refractivity contribution is -0.384. The minimum atomic E-state index is -0.552. The van der Waals surface area contributed by atoms with Gasteiger partial charge in [0, 0.05) is 11.8 Å². The highest BCUT2D eigenvalue weighted by atomic mass is 16.6. The Hall–Kier alpha value is -3.29. The summed E-state index contributed by atoms with van der Waals surface area (Å²) < 4.78 is 5.01. The molecule has 0 aliphatic heterocycles. The zero-order valence-electron chi connectivity index (χ0n) is 11.7. The van der Waals surface area contributed by atoms with E-state index in [1.54, 1.807) is 43.5 Å². The van der Waals surface area contributed by atoms with Gasteiger partial charge in [-0.1, -0.05) is 12.1 Å². The fourth-order valence-electron chi connectivity index (χ4n) is 1.70. The van der Waals surface area contributed by atoms with Crippen LogP contribution in [0.1, 0.15) is 0 Å². The number of hydrogen-bond acceptors (Lipinski definition) is 5. The summed E-state index contributed by atoms with van der Waals surface area (Å²) in [6.45, 7) is 0. The molecule has 0 saturated heterocycles. The molecule has 2 amide bonds. The summed E-state index contributed by atoms with van der Waals surface area (Å²) >= 11 is 0. The molecule has 0 bridgehead atoms. The maximum Gasteiger partial charge on any atom is 0.337 e. The van der Waals surface area contributed by atoms with Crippen LogP contribution in [-0.4, -0.2) is 18.1 Å². The number of amides is 2. The summed E-state index contributed by atoms with van der Waals surface area (Å²) in [7, 11) is 1.55. The fourth-order valence-corrected chi connectivity index (χ4v) is 1.70. The average Bonchev–Trinajstić information content (AvgIpc) is 2.54. The zero-order chi connectivity index (χ0) is 15.9. The molecule has 8 nitrogen and oxygen atoms in total. The van der Waals surface area contributed by atoms with E-state index in [1.807, 2.05) is 0 Å². The molecular weight excluding hydrogens is 288 g/mol. The Morgan fingerprint density at radius 1 is 1.14 bits per heavy atom.